The van der Waals surface area contributed by atoms with Gasteiger partial charge >= 0.3 is 0 Å². The second kappa shape index (κ2) is 8.54. The lowest BCUT2D eigenvalue weighted by atomic mass is 10.2. The highest BCUT2D eigenvalue weighted by atomic mass is 32.2. The van der Waals surface area contributed by atoms with Gasteiger partial charge in [0.05, 0.1) is 4.90 Å². The van der Waals surface area contributed by atoms with E-state index in [2.05, 4.69) is 5.32 Å². The van der Waals surface area contributed by atoms with Crippen LogP contribution in [0.15, 0.2) is 53.4 Å². The number of sulfonamides is 1. The van der Waals surface area contributed by atoms with Gasteiger partial charge in [-0.2, -0.15) is 4.31 Å². The van der Waals surface area contributed by atoms with E-state index < -0.39 is 10.0 Å². The van der Waals surface area contributed by atoms with Gasteiger partial charge in [-0.3, -0.25) is 4.79 Å². The Kier molecular flexibility index (Phi) is 6.13. The molecule has 0 unspecified atom stereocenters. The first-order chi connectivity index (χ1) is 12.9. The Hall–Kier alpha value is -2.38. The summed E-state index contributed by atoms with van der Waals surface area (Å²) >= 11 is 0. The third-order valence-corrected chi connectivity index (χ3v) is 6.32. The van der Waals surface area contributed by atoms with E-state index in [1.807, 2.05) is 25.1 Å². The van der Waals surface area contributed by atoms with E-state index in [-0.39, 0.29) is 17.4 Å². The molecule has 0 bridgehead atoms. The molecule has 6 nitrogen and oxygen atoms in total. The highest BCUT2D eigenvalue weighted by molar-refractivity contribution is 7.89. The first-order valence-corrected chi connectivity index (χ1v) is 10.5. The van der Waals surface area contributed by atoms with Gasteiger partial charge in [-0.05, 0) is 55.7 Å². The maximum Gasteiger partial charge on any atom is 0.262 e. The van der Waals surface area contributed by atoms with Crippen LogP contribution in [0.3, 0.4) is 0 Å². The molecule has 0 aromatic heterocycles. The predicted molar refractivity (Wildman–Crippen MR) is 104 cm³/mol. The molecule has 0 atom stereocenters. The summed E-state index contributed by atoms with van der Waals surface area (Å²) in [7, 11) is -3.53. The lowest BCUT2D eigenvalue weighted by Crippen LogP contribution is -2.35. The van der Waals surface area contributed by atoms with Crippen LogP contribution in [0, 0.1) is 6.92 Å². The smallest absolute Gasteiger partial charge is 0.262 e. The van der Waals surface area contributed by atoms with Crippen LogP contribution in [0.25, 0.3) is 0 Å². The SMILES string of the molecule is Cc1cccc(OCC(=O)Nc2cccc(S(=O)(=O)N3CCCCC3)c2)c1. The molecule has 0 spiro atoms. The molecule has 2 aromatic rings. The Labute approximate surface area is 160 Å². The van der Waals surface area contributed by atoms with E-state index in [1.165, 1.54) is 10.4 Å². The molecule has 3 rings (SSSR count). The monoisotopic (exact) mass is 388 g/mol. The number of hydrogen-bond acceptors (Lipinski definition) is 4. The molecule has 1 aliphatic heterocycles. The number of ether oxygens (including phenoxy) is 1. The van der Waals surface area contributed by atoms with Crippen LogP contribution in [0.2, 0.25) is 0 Å². The second-order valence-corrected chi connectivity index (χ2v) is 8.58. The summed E-state index contributed by atoms with van der Waals surface area (Å²) in [5, 5.41) is 2.70. The van der Waals surface area contributed by atoms with Crippen molar-refractivity contribution in [1.82, 2.24) is 4.31 Å². The van der Waals surface area contributed by atoms with Crippen molar-refractivity contribution in [2.45, 2.75) is 31.1 Å². The molecular formula is C20H24N2O4S. The number of piperidine rings is 1. The summed E-state index contributed by atoms with van der Waals surface area (Å²) in [6.45, 7) is 2.89. The van der Waals surface area contributed by atoms with Gasteiger partial charge in [0.15, 0.2) is 6.61 Å². The van der Waals surface area contributed by atoms with Gasteiger partial charge in [0.25, 0.3) is 5.91 Å². The molecule has 1 heterocycles. The molecule has 1 amide bonds. The van der Waals surface area contributed by atoms with Gasteiger partial charge in [0, 0.05) is 18.8 Å². The number of benzene rings is 2. The minimum absolute atomic E-state index is 0.146. The zero-order valence-corrected chi connectivity index (χ0v) is 16.2. The number of rotatable bonds is 6. The number of carbonyl (C=O) groups excluding carboxylic acids is 1. The molecule has 1 aliphatic rings. The third-order valence-electron chi connectivity index (χ3n) is 4.43. The van der Waals surface area contributed by atoms with E-state index in [9.17, 15) is 13.2 Å². The summed E-state index contributed by atoms with van der Waals surface area (Å²) in [4.78, 5) is 12.3. The lowest BCUT2D eigenvalue weighted by molar-refractivity contribution is -0.118. The minimum atomic E-state index is -3.53. The van der Waals surface area contributed by atoms with Crippen LogP contribution >= 0.6 is 0 Å². The quantitative estimate of drug-likeness (QED) is 0.825. The van der Waals surface area contributed by atoms with Gasteiger partial charge in [-0.25, -0.2) is 8.42 Å². The Morgan fingerprint density at radius 1 is 1.07 bits per heavy atom. The molecule has 2 aromatic carbocycles. The van der Waals surface area contributed by atoms with Crippen molar-refractivity contribution in [2.75, 3.05) is 25.0 Å². The van der Waals surface area contributed by atoms with Crippen LogP contribution in [0.5, 0.6) is 5.75 Å². The zero-order valence-electron chi connectivity index (χ0n) is 15.3. The number of carbonyl (C=O) groups is 1. The Balaban J connectivity index is 1.64. The average molecular weight is 388 g/mol. The fourth-order valence-corrected chi connectivity index (χ4v) is 4.60. The first kappa shape index (κ1) is 19.4. The van der Waals surface area contributed by atoms with Crippen LogP contribution < -0.4 is 10.1 Å². The van der Waals surface area contributed by atoms with Gasteiger partial charge in [0.2, 0.25) is 10.0 Å². The Bertz CT molecular complexity index is 906. The molecule has 144 valence electrons. The Morgan fingerprint density at radius 2 is 1.81 bits per heavy atom. The van der Waals surface area contributed by atoms with E-state index in [0.717, 1.165) is 24.8 Å². The fourth-order valence-electron chi connectivity index (χ4n) is 3.04. The van der Waals surface area contributed by atoms with E-state index >= 15 is 0 Å². The topological polar surface area (TPSA) is 75.7 Å². The number of aryl methyl sites for hydroxylation is 1. The van der Waals surface area contributed by atoms with Crippen LogP contribution in [-0.2, 0) is 14.8 Å². The fraction of sp³-hybridized carbons (Fsp3) is 0.350. The number of anilines is 1. The molecule has 1 fully saturated rings. The first-order valence-electron chi connectivity index (χ1n) is 9.05. The summed E-state index contributed by atoms with van der Waals surface area (Å²) in [6.07, 6.45) is 2.82. The minimum Gasteiger partial charge on any atom is -0.484 e. The summed E-state index contributed by atoms with van der Waals surface area (Å²) in [5.41, 5.74) is 1.48. The maximum absolute atomic E-state index is 12.8. The van der Waals surface area contributed by atoms with Gasteiger partial charge in [0.1, 0.15) is 5.75 Å². The molecule has 27 heavy (non-hydrogen) atoms. The summed E-state index contributed by atoms with van der Waals surface area (Å²) < 4.78 is 32.5. The number of nitrogens with zero attached hydrogens (tertiary/aromatic N) is 1. The standard InChI is InChI=1S/C20H24N2O4S/c1-16-7-5-9-18(13-16)26-15-20(23)21-17-8-6-10-19(14-17)27(24,25)22-11-3-2-4-12-22/h5-10,13-14H,2-4,11-12,15H2,1H3,(H,21,23). The van der Waals surface area contributed by atoms with Crippen molar-refractivity contribution in [3.05, 3.63) is 54.1 Å². The zero-order chi connectivity index (χ0) is 19.3. The van der Waals surface area contributed by atoms with Gasteiger partial charge in [-0.1, -0.05) is 24.6 Å². The average Bonchev–Trinajstić information content (AvgIpc) is 2.67. The highest BCUT2D eigenvalue weighted by Gasteiger charge is 2.26. The molecule has 1 saturated heterocycles. The summed E-state index contributed by atoms with van der Waals surface area (Å²) in [5.74, 6) is 0.274. The summed E-state index contributed by atoms with van der Waals surface area (Å²) in [6, 6.07) is 13.8. The van der Waals surface area contributed by atoms with E-state index in [4.69, 9.17) is 4.74 Å². The predicted octanol–water partition coefficient (Wildman–Crippen LogP) is 3.19. The number of amides is 1. The molecule has 0 aliphatic carbocycles. The second-order valence-electron chi connectivity index (χ2n) is 6.65. The van der Waals surface area contributed by atoms with Gasteiger partial charge in [-0.15, -0.1) is 0 Å². The highest BCUT2D eigenvalue weighted by Crippen LogP contribution is 2.23. The lowest BCUT2D eigenvalue weighted by Gasteiger charge is -2.26. The number of hydrogen-bond donors (Lipinski definition) is 1. The number of nitrogens with one attached hydrogen (secondary N) is 1. The van der Waals surface area contributed by atoms with Crippen molar-refractivity contribution in [3.8, 4) is 5.75 Å². The van der Waals surface area contributed by atoms with Crippen molar-refractivity contribution >= 4 is 21.6 Å². The van der Waals surface area contributed by atoms with Crippen LogP contribution in [0.1, 0.15) is 24.8 Å². The van der Waals surface area contributed by atoms with Crippen LogP contribution in [0.4, 0.5) is 5.69 Å². The largest absolute Gasteiger partial charge is 0.484 e. The molecule has 7 heteroatoms. The van der Waals surface area contributed by atoms with Crippen molar-refractivity contribution in [1.29, 1.82) is 0 Å². The molecule has 1 N–H and O–H groups in total. The third kappa shape index (κ3) is 5.08. The maximum atomic E-state index is 12.8. The van der Waals surface area contributed by atoms with E-state index in [0.29, 0.717) is 24.5 Å². The van der Waals surface area contributed by atoms with Crippen molar-refractivity contribution in [2.24, 2.45) is 0 Å². The molecule has 0 radical (unpaired) electrons. The Morgan fingerprint density at radius 3 is 2.56 bits per heavy atom. The molecular weight excluding hydrogens is 364 g/mol. The van der Waals surface area contributed by atoms with Crippen LogP contribution in [-0.4, -0.2) is 38.3 Å². The molecule has 0 saturated carbocycles. The van der Waals surface area contributed by atoms with Crippen molar-refractivity contribution < 1.29 is 17.9 Å². The van der Waals surface area contributed by atoms with E-state index in [1.54, 1.807) is 24.3 Å². The normalized spacial score (nSPS) is 15.3. The van der Waals surface area contributed by atoms with Crippen molar-refractivity contribution in [3.63, 3.8) is 0 Å². The van der Waals surface area contributed by atoms with Gasteiger partial charge < -0.3 is 10.1 Å².